The summed E-state index contributed by atoms with van der Waals surface area (Å²) in [5, 5.41) is 11.8. The van der Waals surface area contributed by atoms with Crippen molar-refractivity contribution in [3.8, 4) is 0 Å². The van der Waals surface area contributed by atoms with Crippen molar-refractivity contribution in [2.75, 3.05) is 13.1 Å². The Kier molecular flexibility index (Phi) is 8.82. The highest BCUT2D eigenvalue weighted by atomic mass is 16.4. The summed E-state index contributed by atoms with van der Waals surface area (Å²) >= 11 is 0. The van der Waals surface area contributed by atoms with Crippen LogP contribution in [0.25, 0.3) is 0 Å². The van der Waals surface area contributed by atoms with Crippen LogP contribution in [0.1, 0.15) is 67.7 Å². The Labute approximate surface area is 155 Å². The van der Waals surface area contributed by atoms with Crippen LogP contribution in [0.3, 0.4) is 0 Å². The molecule has 26 heavy (non-hydrogen) atoms. The van der Waals surface area contributed by atoms with E-state index in [1.54, 1.807) is 23.1 Å². The lowest BCUT2D eigenvalue weighted by Crippen LogP contribution is -2.41. The van der Waals surface area contributed by atoms with Crippen LogP contribution in [0.4, 0.5) is 0 Å². The first-order valence-electron chi connectivity index (χ1n) is 9.23. The van der Waals surface area contributed by atoms with Gasteiger partial charge in [0.1, 0.15) is 6.04 Å². The van der Waals surface area contributed by atoms with Gasteiger partial charge in [-0.2, -0.15) is 0 Å². The van der Waals surface area contributed by atoms with Gasteiger partial charge in [0, 0.05) is 24.2 Å². The largest absolute Gasteiger partial charge is 0.480 e. The standard InChI is InChI=1S/C20H30N2O4/c1-5-10-22(11-6-2)19(24)16-9-7-8-15(13-16)18(23)21-17(20(25)26)12-14(3)4/h7-9,13-14,17H,5-6,10-12H2,1-4H3,(H,21,23)(H,25,26)/t17-/m0/s1. The number of carbonyl (C=O) groups is 3. The fourth-order valence-corrected chi connectivity index (χ4v) is 2.77. The number of amides is 2. The number of hydrogen-bond donors (Lipinski definition) is 2. The fourth-order valence-electron chi connectivity index (χ4n) is 2.77. The Morgan fingerprint density at radius 1 is 1.08 bits per heavy atom. The Morgan fingerprint density at radius 3 is 2.15 bits per heavy atom. The third-order valence-corrected chi connectivity index (χ3v) is 3.96. The molecule has 0 fully saturated rings. The minimum Gasteiger partial charge on any atom is -0.480 e. The predicted octanol–water partition coefficient (Wildman–Crippen LogP) is 3.18. The van der Waals surface area contributed by atoms with Gasteiger partial charge >= 0.3 is 5.97 Å². The normalized spacial score (nSPS) is 11.9. The first kappa shape index (κ1) is 21.7. The second-order valence-corrected chi connectivity index (χ2v) is 6.87. The molecular weight excluding hydrogens is 332 g/mol. The molecule has 2 amide bonds. The highest BCUT2D eigenvalue weighted by Crippen LogP contribution is 2.11. The average Bonchev–Trinajstić information content (AvgIpc) is 2.60. The Bertz CT molecular complexity index is 622. The molecule has 6 heteroatoms. The first-order valence-corrected chi connectivity index (χ1v) is 9.23. The maximum absolute atomic E-state index is 12.7. The maximum atomic E-state index is 12.7. The van der Waals surface area contributed by atoms with Crippen molar-refractivity contribution in [2.24, 2.45) is 5.92 Å². The molecule has 0 spiro atoms. The smallest absolute Gasteiger partial charge is 0.326 e. The zero-order valence-electron chi connectivity index (χ0n) is 16.1. The second-order valence-electron chi connectivity index (χ2n) is 6.87. The highest BCUT2D eigenvalue weighted by molar-refractivity contribution is 6.00. The highest BCUT2D eigenvalue weighted by Gasteiger charge is 2.22. The van der Waals surface area contributed by atoms with E-state index >= 15 is 0 Å². The lowest BCUT2D eigenvalue weighted by molar-refractivity contribution is -0.139. The number of hydrogen-bond acceptors (Lipinski definition) is 3. The van der Waals surface area contributed by atoms with Crippen molar-refractivity contribution in [3.05, 3.63) is 35.4 Å². The van der Waals surface area contributed by atoms with Gasteiger partial charge < -0.3 is 15.3 Å². The summed E-state index contributed by atoms with van der Waals surface area (Å²) in [7, 11) is 0. The Hall–Kier alpha value is -2.37. The molecule has 1 rings (SSSR count). The fraction of sp³-hybridized carbons (Fsp3) is 0.550. The van der Waals surface area contributed by atoms with Crippen molar-refractivity contribution in [2.45, 2.75) is 53.0 Å². The van der Waals surface area contributed by atoms with Gasteiger partial charge in [-0.15, -0.1) is 0 Å². The molecule has 0 aliphatic rings. The molecule has 0 heterocycles. The van der Waals surface area contributed by atoms with Crippen LogP contribution in [0.5, 0.6) is 0 Å². The third-order valence-electron chi connectivity index (χ3n) is 3.96. The molecule has 1 aromatic rings. The Morgan fingerprint density at radius 2 is 1.65 bits per heavy atom. The predicted molar refractivity (Wildman–Crippen MR) is 101 cm³/mol. The van der Waals surface area contributed by atoms with Crippen molar-refractivity contribution in [1.82, 2.24) is 10.2 Å². The number of carboxylic acid groups (broad SMARTS) is 1. The molecule has 2 N–H and O–H groups in total. The number of nitrogens with zero attached hydrogens (tertiary/aromatic N) is 1. The molecular formula is C20H30N2O4. The van der Waals surface area contributed by atoms with Gasteiger partial charge in [-0.25, -0.2) is 4.79 Å². The van der Waals surface area contributed by atoms with E-state index in [9.17, 15) is 19.5 Å². The lowest BCUT2D eigenvalue weighted by Gasteiger charge is -2.22. The molecule has 0 saturated carbocycles. The number of carboxylic acids is 1. The van der Waals surface area contributed by atoms with Gasteiger partial charge in [0.2, 0.25) is 0 Å². The van der Waals surface area contributed by atoms with Gasteiger partial charge in [-0.05, 0) is 43.4 Å². The number of benzene rings is 1. The van der Waals surface area contributed by atoms with Crippen LogP contribution < -0.4 is 5.32 Å². The quantitative estimate of drug-likeness (QED) is 0.669. The average molecular weight is 362 g/mol. The van der Waals surface area contributed by atoms with Crippen LogP contribution in [0.15, 0.2) is 24.3 Å². The number of nitrogens with one attached hydrogen (secondary N) is 1. The van der Waals surface area contributed by atoms with E-state index in [1.807, 2.05) is 27.7 Å². The maximum Gasteiger partial charge on any atom is 0.326 e. The van der Waals surface area contributed by atoms with E-state index in [-0.39, 0.29) is 11.8 Å². The monoisotopic (exact) mass is 362 g/mol. The molecule has 0 aromatic heterocycles. The summed E-state index contributed by atoms with van der Waals surface area (Å²) in [6, 6.07) is 5.50. The van der Waals surface area contributed by atoms with Crippen LogP contribution >= 0.6 is 0 Å². The van der Waals surface area contributed by atoms with Crippen molar-refractivity contribution in [1.29, 1.82) is 0 Å². The molecule has 0 unspecified atom stereocenters. The van der Waals surface area contributed by atoms with E-state index in [0.29, 0.717) is 30.6 Å². The summed E-state index contributed by atoms with van der Waals surface area (Å²) in [4.78, 5) is 38.2. The van der Waals surface area contributed by atoms with E-state index in [0.717, 1.165) is 12.8 Å². The summed E-state index contributed by atoms with van der Waals surface area (Å²) < 4.78 is 0. The van der Waals surface area contributed by atoms with Crippen molar-refractivity contribution < 1.29 is 19.5 Å². The summed E-state index contributed by atoms with van der Waals surface area (Å²) in [6.45, 7) is 9.16. The molecule has 0 saturated heterocycles. The molecule has 6 nitrogen and oxygen atoms in total. The molecule has 0 aliphatic heterocycles. The SMILES string of the molecule is CCCN(CCC)C(=O)c1cccc(C(=O)N[C@@H](CC(C)C)C(=O)O)c1. The number of carbonyl (C=O) groups excluding carboxylic acids is 2. The van der Waals surface area contributed by atoms with Gasteiger partial charge in [0.15, 0.2) is 0 Å². The topological polar surface area (TPSA) is 86.7 Å². The zero-order valence-corrected chi connectivity index (χ0v) is 16.1. The molecule has 144 valence electrons. The third kappa shape index (κ3) is 6.50. The minimum atomic E-state index is -1.06. The number of rotatable bonds is 10. The van der Waals surface area contributed by atoms with Gasteiger partial charge in [-0.3, -0.25) is 9.59 Å². The van der Waals surface area contributed by atoms with Crippen molar-refractivity contribution >= 4 is 17.8 Å². The van der Waals surface area contributed by atoms with Crippen LogP contribution in [-0.2, 0) is 4.79 Å². The first-order chi connectivity index (χ1) is 12.3. The molecule has 1 atom stereocenters. The number of aliphatic carboxylic acids is 1. The summed E-state index contributed by atoms with van der Waals surface area (Å²) in [5.74, 6) is -1.51. The summed E-state index contributed by atoms with van der Waals surface area (Å²) in [6.07, 6.45) is 2.07. The van der Waals surface area contributed by atoms with E-state index < -0.39 is 17.9 Å². The van der Waals surface area contributed by atoms with Crippen LogP contribution in [0, 0.1) is 5.92 Å². The molecule has 1 aromatic carbocycles. The lowest BCUT2D eigenvalue weighted by atomic mass is 10.0. The Balaban J connectivity index is 2.95. The summed E-state index contributed by atoms with van der Waals surface area (Å²) in [5.41, 5.74) is 0.731. The van der Waals surface area contributed by atoms with Crippen molar-refractivity contribution in [3.63, 3.8) is 0 Å². The van der Waals surface area contributed by atoms with Gasteiger partial charge in [0.25, 0.3) is 11.8 Å². The van der Waals surface area contributed by atoms with E-state index in [1.165, 1.54) is 6.07 Å². The van der Waals surface area contributed by atoms with Gasteiger partial charge in [0.05, 0.1) is 0 Å². The van der Waals surface area contributed by atoms with Gasteiger partial charge in [-0.1, -0.05) is 33.8 Å². The molecule has 0 aliphatic carbocycles. The van der Waals surface area contributed by atoms with E-state index in [4.69, 9.17) is 0 Å². The zero-order chi connectivity index (χ0) is 19.7. The minimum absolute atomic E-state index is 0.111. The van der Waals surface area contributed by atoms with Crippen LogP contribution in [-0.4, -0.2) is 46.9 Å². The van der Waals surface area contributed by atoms with E-state index in [2.05, 4.69) is 5.32 Å². The molecule has 0 bridgehead atoms. The second kappa shape index (κ2) is 10.6. The molecule has 0 radical (unpaired) electrons. The van der Waals surface area contributed by atoms with Crippen LogP contribution in [0.2, 0.25) is 0 Å².